The maximum Gasteiger partial charge on any atom is 0.416 e. The molecule has 3 aromatic rings. The van der Waals surface area contributed by atoms with Crippen molar-refractivity contribution in [3.8, 4) is 0 Å². The third-order valence-electron chi connectivity index (χ3n) is 6.03. The SMILES string of the molecule is CNC(=O)[C@H](C)N(Cc1ccc(Cl)cc1)C(=O)CN(c1cccc(C(F)(F)F)c1)S(=O)(=O)c1ccc(C)cc1. The molecule has 1 N–H and O–H groups in total. The zero-order chi connectivity index (χ0) is 29.0. The van der Waals surface area contributed by atoms with E-state index in [2.05, 4.69) is 5.32 Å². The fourth-order valence-electron chi connectivity index (χ4n) is 3.78. The molecule has 2 amide bonds. The predicted molar refractivity (Wildman–Crippen MR) is 143 cm³/mol. The molecular formula is C27H27ClF3N3O4S. The lowest BCUT2D eigenvalue weighted by atomic mass is 10.1. The third-order valence-corrected chi connectivity index (χ3v) is 8.07. The summed E-state index contributed by atoms with van der Waals surface area (Å²) in [6.45, 7) is 2.28. The highest BCUT2D eigenvalue weighted by molar-refractivity contribution is 7.92. The lowest BCUT2D eigenvalue weighted by Crippen LogP contribution is -2.50. The van der Waals surface area contributed by atoms with Crippen LogP contribution >= 0.6 is 11.6 Å². The van der Waals surface area contributed by atoms with Crippen molar-refractivity contribution in [2.24, 2.45) is 0 Å². The molecule has 12 heteroatoms. The average Bonchev–Trinajstić information content (AvgIpc) is 2.90. The highest BCUT2D eigenvalue weighted by Gasteiger charge is 2.35. The van der Waals surface area contributed by atoms with Gasteiger partial charge in [-0.15, -0.1) is 0 Å². The van der Waals surface area contributed by atoms with Crippen LogP contribution in [0.15, 0.2) is 77.7 Å². The topological polar surface area (TPSA) is 86.8 Å². The van der Waals surface area contributed by atoms with E-state index in [4.69, 9.17) is 11.6 Å². The molecule has 0 aliphatic heterocycles. The molecule has 3 aromatic carbocycles. The van der Waals surface area contributed by atoms with E-state index in [0.29, 0.717) is 21.0 Å². The van der Waals surface area contributed by atoms with Gasteiger partial charge in [0.1, 0.15) is 12.6 Å². The van der Waals surface area contributed by atoms with Gasteiger partial charge in [-0.25, -0.2) is 8.42 Å². The normalized spacial score (nSPS) is 12.5. The maximum atomic E-state index is 13.7. The van der Waals surface area contributed by atoms with Crippen molar-refractivity contribution in [1.29, 1.82) is 0 Å². The number of hydrogen-bond donors (Lipinski definition) is 1. The number of nitrogens with zero attached hydrogens (tertiary/aromatic N) is 2. The van der Waals surface area contributed by atoms with Crippen LogP contribution in [-0.2, 0) is 32.3 Å². The van der Waals surface area contributed by atoms with E-state index >= 15 is 0 Å². The average molecular weight is 582 g/mol. The zero-order valence-corrected chi connectivity index (χ0v) is 22.9. The van der Waals surface area contributed by atoms with Crippen molar-refractivity contribution >= 4 is 39.1 Å². The van der Waals surface area contributed by atoms with E-state index in [-0.39, 0.29) is 17.1 Å². The Balaban J connectivity index is 2.09. The lowest BCUT2D eigenvalue weighted by Gasteiger charge is -2.32. The number of alkyl halides is 3. The molecule has 0 bridgehead atoms. The number of halogens is 4. The zero-order valence-electron chi connectivity index (χ0n) is 21.4. The van der Waals surface area contributed by atoms with E-state index in [1.165, 1.54) is 32.2 Å². The highest BCUT2D eigenvalue weighted by atomic mass is 35.5. The second-order valence-electron chi connectivity index (χ2n) is 8.81. The Labute approximate surface area is 230 Å². The van der Waals surface area contributed by atoms with Crippen LogP contribution in [0.2, 0.25) is 5.02 Å². The number of anilines is 1. The Bertz CT molecular complexity index is 1430. The molecule has 0 spiro atoms. The molecule has 0 fully saturated rings. The van der Waals surface area contributed by atoms with Gasteiger partial charge in [-0.2, -0.15) is 13.2 Å². The van der Waals surface area contributed by atoms with Crippen LogP contribution in [0.1, 0.15) is 23.6 Å². The van der Waals surface area contributed by atoms with Gasteiger partial charge in [-0.05, 0) is 61.9 Å². The van der Waals surface area contributed by atoms with E-state index in [1.807, 2.05) is 0 Å². The first-order chi connectivity index (χ1) is 18.2. The van der Waals surface area contributed by atoms with Gasteiger partial charge >= 0.3 is 6.18 Å². The van der Waals surface area contributed by atoms with Gasteiger partial charge < -0.3 is 10.2 Å². The van der Waals surface area contributed by atoms with E-state index in [0.717, 1.165) is 22.6 Å². The van der Waals surface area contributed by atoms with Crippen molar-refractivity contribution in [3.63, 3.8) is 0 Å². The molecule has 1 atom stereocenters. The fraction of sp³-hybridized carbons (Fsp3) is 0.259. The Morgan fingerprint density at radius 1 is 1.00 bits per heavy atom. The smallest absolute Gasteiger partial charge is 0.357 e. The van der Waals surface area contributed by atoms with Crippen LogP contribution in [0, 0.1) is 6.92 Å². The molecule has 0 saturated carbocycles. The fourth-order valence-corrected chi connectivity index (χ4v) is 5.31. The number of amides is 2. The Morgan fingerprint density at radius 2 is 1.62 bits per heavy atom. The monoisotopic (exact) mass is 581 g/mol. The van der Waals surface area contributed by atoms with Crippen molar-refractivity contribution in [3.05, 3.63) is 94.5 Å². The molecule has 7 nitrogen and oxygen atoms in total. The number of sulfonamides is 1. The molecular weight excluding hydrogens is 555 g/mol. The number of aryl methyl sites for hydroxylation is 1. The molecule has 0 radical (unpaired) electrons. The van der Waals surface area contributed by atoms with Crippen molar-refractivity contribution < 1.29 is 31.2 Å². The van der Waals surface area contributed by atoms with Crippen LogP contribution in [0.25, 0.3) is 0 Å². The minimum atomic E-state index is -4.74. The second kappa shape index (κ2) is 12.1. The van der Waals surface area contributed by atoms with E-state index < -0.39 is 46.2 Å². The summed E-state index contributed by atoms with van der Waals surface area (Å²) >= 11 is 5.95. The van der Waals surface area contributed by atoms with E-state index in [9.17, 15) is 31.2 Å². The molecule has 3 rings (SSSR count). The van der Waals surface area contributed by atoms with Crippen molar-refractivity contribution in [2.75, 3.05) is 17.9 Å². The molecule has 0 heterocycles. The molecule has 0 unspecified atom stereocenters. The second-order valence-corrected chi connectivity index (χ2v) is 11.1. The number of rotatable bonds is 9. The minimum Gasteiger partial charge on any atom is -0.357 e. The third kappa shape index (κ3) is 7.30. The van der Waals surface area contributed by atoms with Crippen LogP contribution in [-0.4, -0.2) is 44.8 Å². The lowest BCUT2D eigenvalue weighted by molar-refractivity contribution is -0.139. The number of hydrogen-bond acceptors (Lipinski definition) is 4. The molecule has 39 heavy (non-hydrogen) atoms. The Morgan fingerprint density at radius 3 is 2.18 bits per heavy atom. The van der Waals surface area contributed by atoms with Crippen LogP contribution in [0.4, 0.5) is 18.9 Å². The summed E-state index contributed by atoms with van der Waals surface area (Å²) in [5.41, 5.74) is -0.0502. The first kappa shape index (κ1) is 30.0. The number of carbonyl (C=O) groups is 2. The quantitative estimate of drug-likeness (QED) is 0.384. The molecule has 0 aromatic heterocycles. The first-order valence-electron chi connectivity index (χ1n) is 11.8. The van der Waals surface area contributed by atoms with Gasteiger partial charge in [0.25, 0.3) is 10.0 Å². The minimum absolute atomic E-state index is 0.0778. The summed E-state index contributed by atoms with van der Waals surface area (Å²) in [7, 11) is -3.10. The number of carbonyl (C=O) groups excluding carboxylic acids is 2. The maximum absolute atomic E-state index is 13.7. The number of likely N-dealkylation sites (N-methyl/N-ethyl adjacent to an activating group) is 1. The number of nitrogens with one attached hydrogen (secondary N) is 1. The van der Waals surface area contributed by atoms with Gasteiger partial charge in [0.15, 0.2) is 0 Å². The van der Waals surface area contributed by atoms with Gasteiger partial charge in [0.2, 0.25) is 11.8 Å². The predicted octanol–water partition coefficient (Wildman–Crippen LogP) is 5.03. The van der Waals surface area contributed by atoms with Crippen molar-refractivity contribution in [2.45, 2.75) is 37.5 Å². The molecule has 208 valence electrons. The van der Waals surface area contributed by atoms with Gasteiger partial charge in [-0.1, -0.05) is 47.5 Å². The summed E-state index contributed by atoms with van der Waals surface area (Å²) in [5.74, 6) is -1.31. The van der Waals surface area contributed by atoms with Gasteiger partial charge in [0.05, 0.1) is 16.1 Å². The Kier molecular flexibility index (Phi) is 9.29. The van der Waals surface area contributed by atoms with Crippen LogP contribution in [0.3, 0.4) is 0 Å². The number of benzene rings is 3. The summed E-state index contributed by atoms with van der Waals surface area (Å²) in [5, 5.41) is 2.91. The molecule has 0 aliphatic rings. The van der Waals surface area contributed by atoms with Gasteiger partial charge in [0, 0.05) is 18.6 Å². The summed E-state index contributed by atoms with van der Waals surface area (Å²) < 4.78 is 68.5. The summed E-state index contributed by atoms with van der Waals surface area (Å²) in [6, 6.07) is 14.9. The van der Waals surface area contributed by atoms with Crippen LogP contribution < -0.4 is 9.62 Å². The molecule has 0 saturated heterocycles. The largest absolute Gasteiger partial charge is 0.416 e. The van der Waals surface area contributed by atoms with Crippen LogP contribution in [0.5, 0.6) is 0 Å². The standard InChI is InChI=1S/C27H27ClF3N3O4S/c1-18-7-13-24(14-8-18)39(37,38)34(23-6-4-5-21(15-23)27(29,30)31)17-25(35)33(19(2)26(36)32-3)16-20-9-11-22(28)12-10-20/h4-15,19H,16-17H2,1-3H3,(H,32,36)/t19-/m0/s1. The summed E-state index contributed by atoms with van der Waals surface area (Å²) in [6.07, 6.45) is -4.74. The van der Waals surface area contributed by atoms with Gasteiger partial charge in [-0.3, -0.25) is 13.9 Å². The summed E-state index contributed by atoms with van der Waals surface area (Å²) in [4.78, 5) is 27.1. The molecule has 0 aliphatic carbocycles. The first-order valence-corrected chi connectivity index (χ1v) is 13.6. The van der Waals surface area contributed by atoms with Crippen molar-refractivity contribution in [1.82, 2.24) is 10.2 Å². The van der Waals surface area contributed by atoms with E-state index in [1.54, 1.807) is 43.3 Å². The highest BCUT2D eigenvalue weighted by Crippen LogP contribution is 2.33. The Hall–Kier alpha value is -3.57.